The van der Waals surface area contributed by atoms with Gasteiger partial charge < -0.3 is 5.32 Å². The van der Waals surface area contributed by atoms with Gasteiger partial charge in [0.25, 0.3) is 10.0 Å². The van der Waals surface area contributed by atoms with Gasteiger partial charge in [-0.15, -0.1) is 23.7 Å². The summed E-state index contributed by atoms with van der Waals surface area (Å²) in [5.74, 6) is -1.79. The molecule has 1 N–H and O–H groups in total. The van der Waals surface area contributed by atoms with Gasteiger partial charge in [0.05, 0.1) is 9.90 Å². The molecule has 5 nitrogen and oxygen atoms in total. The van der Waals surface area contributed by atoms with Crippen molar-refractivity contribution in [3.05, 3.63) is 58.3 Å². The van der Waals surface area contributed by atoms with Gasteiger partial charge in [0.15, 0.2) is 5.82 Å². The molecule has 0 amide bonds. The molecule has 0 radical (unpaired) electrons. The fraction of sp³-hybridized carbons (Fsp3) is 0.133. The minimum Gasteiger partial charge on any atom is -0.316 e. The van der Waals surface area contributed by atoms with Crippen molar-refractivity contribution in [1.29, 1.82) is 0 Å². The van der Waals surface area contributed by atoms with E-state index >= 15 is 0 Å². The lowest BCUT2D eigenvalue weighted by molar-refractivity contribution is 0.575. The predicted molar refractivity (Wildman–Crippen MR) is 99.5 cm³/mol. The monoisotopic (exact) mass is 439 g/mol. The van der Waals surface area contributed by atoms with Crippen LogP contribution in [-0.2, 0) is 16.6 Å². The zero-order valence-electron chi connectivity index (χ0n) is 13.2. The summed E-state index contributed by atoms with van der Waals surface area (Å²) in [6, 6.07) is 5.43. The Bertz CT molecular complexity index is 1040. The standard InChI is InChI=1S/C15H12ClF2N3O2S2.ClH/c1-19-7-9-8-21(25(22,23)12-5-4-11(16)24-12)14(13(9)17)10-3-2-6-20-15(10)18;/h2-6,8,19H,7H2,1H3;1H. The SMILES string of the molecule is CNCc1cn(S(=O)(=O)c2ccc(Cl)s2)c(-c2cccnc2F)c1F.Cl. The van der Waals surface area contributed by atoms with Gasteiger partial charge in [0.1, 0.15) is 9.90 Å². The predicted octanol–water partition coefficient (Wildman–Crippen LogP) is 3.92. The molecule has 0 aromatic carbocycles. The van der Waals surface area contributed by atoms with E-state index in [4.69, 9.17) is 11.6 Å². The van der Waals surface area contributed by atoms with E-state index in [2.05, 4.69) is 10.3 Å². The Hall–Kier alpha value is -1.52. The lowest BCUT2D eigenvalue weighted by Crippen LogP contribution is -2.13. The highest BCUT2D eigenvalue weighted by atomic mass is 35.5. The topological polar surface area (TPSA) is 64.0 Å². The van der Waals surface area contributed by atoms with E-state index in [9.17, 15) is 17.2 Å². The first-order valence-corrected chi connectivity index (χ1v) is 9.66. The van der Waals surface area contributed by atoms with E-state index in [0.717, 1.165) is 21.5 Å². The van der Waals surface area contributed by atoms with E-state index < -0.39 is 27.5 Å². The maximum Gasteiger partial charge on any atom is 0.277 e. The van der Waals surface area contributed by atoms with Crippen molar-refractivity contribution < 1.29 is 17.2 Å². The number of hydrogen-bond acceptors (Lipinski definition) is 5. The highest BCUT2D eigenvalue weighted by Gasteiger charge is 2.29. The maximum absolute atomic E-state index is 14.9. The number of rotatable bonds is 5. The number of pyridine rings is 1. The Balaban J connectivity index is 0.00000243. The Morgan fingerprint density at radius 3 is 2.62 bits per heavy atom. The number of aromatic nitrogens is 2. The van der Waals surface area contributed by atoms with Crippen LogP contribution < -0.4 is 5.32 Å². The maximum atomic E-state index is 14.9. The van der Waals surface area contributed by atoms with Gasteiger partial charge >= 0.3 is 0 Å². The van der Waals surface area contributed by atoms with E-state index in [1.165, 1.54) is 30.5 Å². The highest BCUT2D eigenvalue weighted by Crippen LogP contribution is 2.34. The normalized spacial score (nSPS) is 11.4. The summed E-state index contributed by atoms with van der Waals surface area (Å²) in [6.07, 6.45) is 2.34. The smallest absolute Gasteiger partial charge is 0.277 e. The zero-order valence-corrected chi connectivity index (χ0v) is 16.4. The molecule has 3 aromatic heterocycles. The second-order valence-electron chi connectivity index (χ2n) is 5.05. The minimum absolute atomic E-state index is 0. The summed E-state index contributed by atoms with van der Waals surface area (Å²) < 4.78 is 55.7. The molecule has 0 fully saturated rings. The van der Waals surface area contributed by atoms with Gasteiger partial charge in [-0.2, -0.15) is 12.8 Å². The van der Waals surface area contributed by atoms with Crippen LogP contribution in [0.25, 0.3) is 11.3 Å². The highest BCUT2D eigenvalue weighted by molar-refractivity contribution is 7.92. The van der Waals surface area contributed by atoms with Gasteiger partial charge in [-0.3, -0.25) is 0 Å². The van der Waals surface area contributed by atoms with Gasteiger partial charge in [0.2, 0.25) is 5.95 Å². The molecule has 3 aromatic rings. The summed E-state index contributed by atoms with van der Waals surface area (Å²) in [5.41, 5.74) is -0.555. The van der Waals surface area contributed by atoms with Gasteiger partial charge in [0, 0.05) is 24.5 Å². The second-order valence-corrected chi connectivity index (χ2v) is 8.81. The van der Waals surface area contributed by atoms with Gasteiger partial charge in [-0.05, 0) is 31.3 Å². The van der Waals surface area contributed by atoms with Crippen LogP contribution in [0.5, 0.6) is 0 Å². The van der Waals surface area contributed by atoms with Crippen LogP contribution in [0.3, 0.4) is 0 Å². The molecule has 0 saturated heterocycles. The quantitative estimate of drug-likeness (QED) is 0.611. The molecular formula is C15H13Cl2F2N3O2S2. The number of thiophene rings is 1. The lowest BCUT2D eigenvalue weighted by atomic mass is 10.2. The fourth-order valence-electron chi connectivity index (χ4n) is 2.35. The molecule has 0 aliphatic carbocycles. The third-order valence-electron chi connectivity index (χ3n) is 3.43. The summed E-state index contributed by atoms with van der Waals surface area (Å²) >= 11 is 6.65. The number of halogens is 4. The molecule has 26 heavy (non-hydrogen) atoms. The Morgan fingerprint density at radius 1 is 1.31 bits per heavy atom. The van der Waals surface area contributed by atoms with Gasteiger partial charge in [-0.25, -0.2) is 13.3 Å². The van der Waals surface area contributed by atoms with Crippen molar-refractivity contribution in [3.63, 3.8) is 0 Å². The van der Waals surface area contributed by atoms with Crippen molar-refractivity contribution in [2.75, 3.05) is 7.05 Å². The van der Waals surface area contributed by atoms with Gasteiger partial charge in [-0.1, -0.05) is 11.6 Å². The molecule has 140 valence electrons. The molecule has 11 heteroatoms. The first-order chi connectivity index (χ1) is 11.9. The fourth-order valence-corrected chi connectivity index (χ4v) is 5.31. The minimum atomic E-state index is -4.15. The largest absolute Gasteiger partial charge is 0.316 e. The molecule has 0 atom stereocenters. The molecule has 0 bridgehead atoms. The molecule has 0 saturated carbocycles. The Kier molecular flexibility index (Phi) is 6.41. The van der Waals surface area contributed by atoms with E-state index in [-0.39, 0.29) is 38.6 Å². The molecule has 0 unspecified atom stereocenters. The number of nitrogens with zero attached hydrogens (tertiary/aromatic N) is 2. The van der Waals surface area contributed by atoms with Crippen molar-refractivity contribution in [1.82, 2.24) is 14.3 Å². The summed E-state index contributed by atoms with van der Waals surface area (Å²) in [5, 5.41) is 2.75. The summed E-state index contributed by atoms with van der Waals surface area (Å²) in [6.45, 7) is 0.0778. The molecule has 3 rings (SSSR count). The number of nitrogens with one attached hydrogen (secondary N) is 1. The van der Waals surface area contributed by atoms with E-state index in [1.807, 2.05) is 0 Å². The van der Waals surface area contributed by atoms with Crippen LogP contribution in [0.2, 0.25) is 4.34 Å². The first kappa shape index (κ1) is 20.8. The molecule has 0 spiro atoms. The molecule has 0 aliphatic heterocycles. The van der Waals surface area contributed by atoms with Crippen molar-refractivity contribution in [2.24, 2.45) is 0 Å². The third kappa shape index (κ3) is 3.63. The van der Waals surface area contributed by atoms with Crippen molar-refractivity contribution in [2.45, 2.75) is 10.8 Å². The van der Waals surface area contributed by atoms with Crippen LogP contribution >= 0.6 is 35.3 Å². The van der Waals surface area contributed by atoms with Crippen LogP contribution in [0.4, 0.5) is 8.78 Å². The van der Waals surface area contributed by atoms with Crippen LogP contribution in [0.1, 0.15) is 5.56 Å². The van der Waals surface area contributed by atoms with Crippen molar-refractivity contribution >= 4 is 45.4 Å². The zero-order chi connectivity index (χ0) is 18.2. The van der Waals surface area contributed by atoms with Crippen LogP contribution in [0, 0.1) is 11.8 Å². The molecule has 3 heterocycles. The average molecular weight is 440 g/mol. The average Bonchev–Trinajstić information content (AvgIpc) is 3.14. The Morgan fingerprint density at radius 2 is 2.04 bits per heavy atom. The van der Waals surface area contributed by atoms with Crippen LogP contribution in [-0.4, -0.2) is 24.4 Å². The van der Waals surface area contributed by atoms with E-state index in [1.54, 1.807) is 7.05 Å². The summed E-state index contributed by atoms with van der Waals surface area (Å²) in [7, 11) is -2.55. The summed E-state index contributed by atoms with van der Waals surface area (Å²) in [4.78, 5) is 3.48. The first-order valence-electron chi connectivity index (χ1n) is 7.02. The lowest BCUT2D eigenvalue weighted by Gasteiger charge is -2.09. The number of hydrogen-bond donors (Lipinski definition) is 1. The molecule has 0 aliphatic rings. The van der Waals surface area contributed by atoms with Crippen molar-refractivity contribution in [3.8, 4) is 11.3 Å². The van der Waals surface area contributed by atoms with E-state index in [0.29, 0.717) is 0 Å². The Labute approximate surface area is 164 Å². The van der Waals surface area contributed by atoms with Crippen LogP contribution in [0.15, 0.2) is 40.9 Å². The second kappa shape index (κ2) is 8.01. The molecular weight excluding hydrogens is 427 g/mol. The third-order valence-corrected chi connectivity index (χ3v) is 6.78.